The molecule has 3 rings (SSSR count). The molecule has 0 bridgehead atoms. The lowest BCUT2D eigenvalue weighted by atomic mass is 9.89. The van der Waals surface area contributed by atoms with Gasteiger partial charge in [-0.25, -0.2) is 4.39 Å². The molecule has 2 aromatic rings. The summed E-state index contributed by atoms with van der Waals surface area (Å²) in [5.41, 5.74) is 6.32. The molecular formula is C23H36FN7O2. The third-order valence-corrected chi connectivity index (χ3v) is 5.44. The van der Waals surface area contributed by atoms with Crippen molar-refractivity contribution in [3.63, 3.8) is 0 Å². The number of nitrogens with zero attached hydrogens (tertiary/aromatic N) is 3. The molecule has 1 aliphatic carbocycles. The average molecular weight is 462 g/mol. The number of halogens is 1. The van der Waals surface area contributed by atoms with Crippen LogP contribution in [-0.2, 0) is 16.0 Å². The average Bonchev–Trinajstić information content (AvgIpc) is 2.85. The smallest absolute Gasteiger partial charge is 0.229 e. The molecule has 33 heavy (non-hydrogen) atoms. The highest BCUT2D eigenvalue weighted by molar-refractivity contribution is 5.42. The van der Waals surface area contributed by atoms with Crippen LogP contribution in [0.4, 0.5) is 22.2 Å². The SMILES string of the molecule is NCCOCCOCCNc1nc(NCc2ccc(F)cc2)nc(NCC2CCCCC2)n1. The predicted molar refractivity (Wildman–Crippen MR) is 128 cm³/mol. The summed E-state index contributed by atoms with van der Waals surface area (Å²) in [5.74, 6) is 1.86. The molecule has 1 fully saturated rings. The van der Waals surface area contributed by atoms with Gasteiger partial charge in [0.25, 0.3) is 0 Å². The largest absolute Gasteiger partial charge is 0.378 e. The van der Waals surface area contributed by atoms with Crippen LogP contribution in [0.25, 0.3) is 0 Å². The van der Waals surface area contributed by atoms with E-state index < -0.39 is 0 Å². The molecule has 1 aromatic carbocycles. The highest BCUT2D eigenvalue weighted by Gasteiger charge is 2.14. The van der Waals surface area contributed by atoms with E-state index in [0.29, 0.717) is 69.8 Å². The minimum absolute atomic E-state index is 0.257. The lowest BCUT2D eigenvalue weighted by molar-refractivity contribution is 0.0547. The summed E-state index contributed by atoms with van der Waals surface area (Å²) in [6, 6.07) is 6.35. The maximum absolute atomic E-state index is 13.2. The molecule has 1 saturated carbocycles. The van der Waals surface area contributed by atoms with Crippen molar-refractivity contribution >= 4 is 17.8 Å². The Morgan fingerprint density at radius 3 is 2.15 bits per heavy atom. The van der Waals surface area contributed by atoms with Crippen LogP contribution in [0.5, 0.6) is 0 Å². The number of nitrogens with one attached hydrogen (secondary N) is 3. The molecule has 10 heteroatoms. The Kier molecular flexibility index (Phi) is 11.1. The van der Waals surface area contributed by atoms with Gasteiger partial charge in [-0.1, -0.05) is 31.4 Å². The van der Waals surface area contributed by atoms with Crippen molar-refractivity contribution in [1.29, 1.82) is 0 Å². The molecule has 182 valence electrons. The van der Waals surface area contributed by atoms with E-state index in [-0.39, 0.29) is 5.82 Å². The molecule has 1 aromatic heterocycles. The van der Waals surface area contributed by atoms with Crippen LogP contribution < -0.4 is 21.7 Å². The van der Waals surface area contributed by atoms with Crippen LogP contribution in [0, 0.1) is 11.7 Å². The molecule has 0 aliphatic heterocycles. The lowest BCUT2D eigenvalue weighted by Gasteiger charge is -2.21. The summed E-state index contributed by atoms with van der Waals surface area (Å²) >= 11 is 0. The zero-order valence-electron chi connectivity index (χ0n) is 19.2. The van der Waals surface area contributed by atoms with Crippen molar-refractivity contribution in [3.8, 4) is 0 Å². The number of nitrogens with two attached hydrogens (primary N) is 1. The molecule has 9 nitrogen and oxygen atoms in total. The van der Waals surface area contributed by atoms with E-state index >= 15 is 0 Å². The summed E-state index contributed by atoms with van der Waals surface area (Å²) in [6.45, 7) is 4.48. The van der Waals surface area contributed by atoms with Gasteiger partial charge < -0.3 is 31.2 Å². The number of anilines is 3. The fraction of sp³-hybridized carbons (Fsp3) is 0.609. The second kappa shape index (κ2) is 14.6. The van der Waals surface area contributed by atoms with Crippen molar-refractivity contribution in [1.82, 2.24) is 15.0 Å². The van der Waals surface area contributed by atoms with Crippen LogP contribution in [0.3, 0.4) is 0 Å². The second-order valence-electron chi connectivity index (χ2n) is 8.11. The van der Waals surface area contributed by atoms with Gasteiger partial charge in [0.15, 0.2) is 0 Å². The van der Waals surface area contributed by atoms with Crippen molar-refractivity contribution in [2.75, 3.05) is 62.0 Å². The summed E-state index contributed by atoms with van der Waals surface area (Å²) in [7, 11) is 0. The highest BCUT2D eigenvalue weighted by Crippen LogP contribution is 2.23. The Hall–Kier alpha value is -2.56. The molecule has 1 aliphatic rings. The first-order valence-corrected chi connectivity index (χ1v) is 11.8. The number of rotatable bonds is 15. The van der Waals surface area contributed by atoms with Gasteiger partial charge in [-0.2, -0.15) is 15.0 Å². The monoisotopic (exact) mass is 461 g/mol. The third kappa shape index (κ3) is 9.85. The van der Waals surface area contributed by atoms with E-state index in [9.17, 15) is 4.39 Å². The van der Waals surface area contributed by atoms with E-state index in [1.807, 2.05) is 0 Å². The van der Waals surface area contributed by atoms with Crippen LogP contribution in [0.1, 0.15) is 37.7 Å². The molecule has 1 heterocycles. The molecule has 5 N–H and O–H groups in total. The fourth-order valence-corrected chi connectivity index (χ4v) is 3.66. The first-order valence-electron chi connectivity index (χ1n) is 11.8. The maximum atomic E-state index is 13.2. The Labute approximate surface area is 195 Å². The number of aromatic nitrogens is 3. The van der Waals surface area contributed by atoms with E-state index in [4.69, 9.17) is 15.2 Å². The van der Waals surface area contributed by atoms with Gasteiger partial charge in [0.1, 0.15) is 5.82 Å². The minimum Gasteiger partial charge on any atom is -0.378 e. The summed E-state index contributed by atoms with van der Waals surface area (Å²) < 4.78 is 24.0. The van der Waals surface area contributed by atoms with Crippen molar-refractivity contribution in [2.45, 2.75) is 38.6 Å². The van der Waals surface area contributed by atoms with Crippen molar-refractivity contribution in [3.05, 3.63) is 35.6 Å². The van der Waals surface area contributed by atoms with E-state index in [2.05, 4.69) is 30.9 Å². The van der Waals surface area contributed by atoms with Gasteiger partial charge >= 0.3 is 0 Å². The zero-order chi connectivity index (χ0) is 23.1. The summed E-state index contributed by atoms with van der Waals surface area (Å²) in [5, 5.41) is 9.78. The number of ether oxygens (including phenoxy) is 2. The second-order valence-corrected chi connectivity index (χ2v) is 8.11. The van der Waals surface area contributed by atoms with E-state index in [1.165, 1.54) is 44.2 Å². The Balaban J connectivity index is 1.53. The molecule has 0 saturated heterocycles. The molecule has 0 atom stereocenters. The third-order valence-electron chi connectivity index (χ3n) is 5.44. The number of benzene rings is 1. The summed E-state index contributed by atoms with van der Waals surface area (Å²) in [6.07, 6.45) is 6.39. The topological polar surface area (TPSA) is 119 Å². The summed E-state index contributed by atoms with van der Waals surface area (Å²) in [4.78, 5) is 13.5. The lowest BCUT2D eigenvalue weighted by Crippen LogP contribution is -2.20. The Morgan fingerprint density at radius 1 is 0.818 bits per heavy atom. The molecular weight excluding hydrogens is 425 g/mol. The zero-order valence-corrected chi connectivity index (χ0v) is 19.2. The fourth-order valence-electron chi connectivity index (χ4n) is 3.66. The highest BCUT2D eigenvalue weighted by atomic mass is 19.1. The normalized spacial score (nSPS) is 14.2. The number of hydrogen-bond donors (Lipinski definition) is 4. The maximum Gasteiger partial charge on any atom is 0.229 e. The predicted octanol–water partition coefficient (Wildman–Crippen LogP) is 3.02. The van der Waals surface area contributed by atoms with Crippen LogP contribution in [-0.4, -0.2) is 61.0 Å². The van der Waals surface area contributed by atoms with Crippen LogP contribution >= 0.6 is 0 Å². The van der Waals surface area contributed by atoms with Crippen molar-refractivity contribution in [2.24, 2.45) is 11.7 Å². The number of hydrogen-bond acceptors (Lipinski definition) is 9. The first kappa shape index (κ1) is 25.1. The van der Waals surface area contributed by atoms with E-state index in [0.717, 1.165) is 12.1 Å². The first-order chi connectivity index (χ1) is 16.2. The van der Waals surface area contributed by atoms with E-state index in [1.54, 1.807) is 12.1 Å². The molecule has 0 spiro atoms. The van der Waals surface area contributed by atoms with Gasteiger partial charge in [-0.3, -0.25) is 0 Å². The van der Waals surface area contributed by atoms with Gasteiger partial charge in [-0.05, 0) is 36.5 Å². The van der Waals surface area contributed by atoms with Gasteiger partial charge in [0, 0.05) is 26.2 Å². The minimum atomic E-state index is -0.257. The molecule has 0 radical (unpaired) electrons. The standard InChI is InChI=1S/C23H36FN7O2/c24-20-8-6-19(7-9-20)17-28-23-30-21(26-11-13-33-15-14-32-12-10-25)29-22(31-23)27-16-18-4-2-1-3-5-18/h6-9,18H,1-5,10-17,25H2,(H3,26,27,28,29,30,31). The Morgan fingerprint density at radius 2 is 1.45 bits per heavy atom. The van der Waals surface area contributed by atoms with Crippen LogP contribution in [0.15, 0.2) is 24.3 Å². The van der Waals surface area contributed by atoms with Crippen LogP contribution in [0.2, 0.25) is 0 Å². The van der Waals surface area contributed by atoms with Crippen molar-refractivity contribution < 1.29 is 13.9 Å². The van der Waals surface area contributed by atoms with Gasteiger partial charge in [0.05, 0.1) is 26.4 Å². The molecule has 0 unspecified atom stereocenters. The Bertz CT molecular complexity index is 804. The van der Waals surface area contributed by atoms with Gasteiger partial charge in [-0.15, -0.1) is 0 Å². The molecule has 0 amide bonds. The quantitative estimate of drug-likeness (QED) is 0.297. The van der Waals surface area contributed by atoms with Gasteiger partial charge in [0.2, 0.25) is 17.8 Å².